The third-order valence-electron chi connectivity index (χ3n) is 3.51. The summed E-state index contributed by atoms with van der Waals surface area (Å²) in [7, 11) is 1.89. The van der Waals surface area contributed by atoms with E-state index < -0.39 is 0 Å². The van der Waals surface area contributed by atoms with E-state index in [2.05, 4.69) is 15.4 Å². The van der Waals surface area contributed by atoms with Gasteiger partial charge in [0.25, 0.3) is 5.91 Å². The number of nitrogens with zero attached hydrogens (tertiary/aromatic N) is 3. The van der Waals surface area contributed by atoms with Crippen molar-refractivity contribution >= 4 is 28.8 Å². The molecule has 0 aliphatic rings. The molecule has 0 saturated heterocycles. The third-order valence-corrected chi connectivity index (χ3v) is 4.66. The number of aryl methyl sites for hydroxylation is 2. The molecule has 7 heteroatoms. The maximum atomic E-state index is 12.2. The standard InChI is InChI=1S/C17H17ClN4OS/c1-22-10-12(9-20-22)3-2-8-19-16(23)15-11-24-17(21-15)13-4-6-14(18)7-5-13/h4-7,9-11H,2-3,8H2,1H3,(H,19,23). The van der Waals surface area contributed by atoms with Gasteiger partial charge in [0.05, 0.1) is 6.20 Å². The number of hydrogen-bond donors (Lipinski definition) is 1. The van der Waals surface area contributed by atoms with Crippen molar-refractivity contribution in [2.75, 3.05) is 6.54 Å². The van der Waals surface area contributed by atoms with Crippen LogP contribution in [0.1, 0.15) is 22.5 Å². The zero-order valence-electron chi connectivity index (χ0n) is 13.2. The fraction of sp³-hybridized carbons (Fsp3) is 0.235. The van der Waals surface area contributed by atoms with Gasteiger partial charge in [-0.15, -0.1) is 11.3 Å². The van der Waals surface area contributed by atoms with Crippen LogP contribution in [0.15, 0.2) is 42.0 Å². The summed E-state index contributed by atoms with van der Waals surface area (Å²) in [5.41, 5.74) is 2.58. The molecule has 0 aliphatic heterocycles. The zero-order valence-corrected chi connectivity index (χ0v) is 14.8. The maximum Gasteiger partial charge on any atom is 0.270 e. The van der Waals surface area contributed by atoms with E-state index in [4.69, 9.17) is 11.6 Å². The van der Waals surface area contributed by atoms with Crippen LogP contribution in [0.2, 0.25) is 5.02 Å². The van der Waals surface area contributed by atoms with Crippen LogP contribution in [-0.2, 0) is 13.5 Å². The van der Waals surface area contributed by atoms with E-state index in [1.807, 2.05) is 43.7 Å². The lowest BCUT2D eigenvalue weighted by atomic mass is 10.2. The first-order valence-corrected chi connectivity index (χ1v) is 8.85. The lowest BCUT2D eigenvalue weighted by Gasteiger charge is -2.02. The highest BCUT2D eigenvalue weighted by Crippen LogP contribution is 2.25. The van der Waals surface area contributed by atoms with Crippen molar-refractivity contribution in [1.29, 1.82) is 0 Å². The number of hydrogen-bond acceptors (Lipinski definition) is 4. The quantitative estimate of drug-likeness (QED) is 0.684. The Balaban J connectivity index is 1.51. The van der Waals surface area contributed by atoms with Crippen molar-refractivity contribution in [3.05, 3.63) is 58.3 Å². The Labute approximate surface area is 149 Å². The molecule has 0 radical (unpaired) electrons. The third kappa shape index (κ3) is 4.21. The fourth-order valence-corrected chi connectivity index (χ4v) is 3.22. The van der Waals surface area contributed by atoms with Crippen molar-refractivity contribution in [3.8, 4) is 10.6 Å². The lowest BCUT2D eigenvalue weighted by Crippen LogP contribution is -2.25. The van der Waals surface area contributed by atoms with Gasteiger partial charge in [-0.05, 0) is 30.5 Å². The summed E-state index contributed by atoms with van der Waals surface area (Å²) in [5, 5.41) is 10.3. The monoisotopic (exact) mass is 360 g/mol. The molecule has 1 amide bonds. The number of nitrogens with one attached hydrogen (secondary N) is 1. The molecule has 124 valence electrons. The summed E-state index contributed by atoms with van der Waals surface area (Å²) in [4.78, 5) is 16.6. The molecule has 0 spiro atoms. The van der Waals surface area contributed by atoms with Crippen LogP contribution in [0.4, 0.5) is 0 Å². The molecule has 0 bridgehead atoms. The molecule has 24 heavy (non-hydrogen) atoms. The Morgan fingerprint density at radius 2 is 2.12 bits per heavy atom. The average molecular weight is 361 g/mol. The first-order valence-electron chi connectivity index (χ1n) is 7.59. The second-order valence-electron chi connectivity index (χ2n) is 5.43. The second-order valence-corrected chi connectivity index (χ2v) is 6.72. The van der Waals surface area contributed by atoms with E-state index in [1.165, 1.54) is 16.9 Å². The second kappa shape index (κ2) is 7.59. The molecular formula is C17H17ClN4OS. The van der Waals surface area contributed by atoms with Crippen molar-refractivity contribution in [1.82, 2.24) is 20.1 Å². The van der Waals surface area contributed by atoms with Gasteiger partial charge in [0.15, 0.2) is 0 Å². The summed E-state index contributed by atoms with van der Waals surface area (Å²) in [6.07, 6.45) is 5.59. The number of amides is 1. The average Bonchev–Trinajstić information content (AvgIpc) is 3.21. The first-order chi connectivity index (χ1) is 11.6. The molecule has 0 saturated carbocycles. The highest BCUT2D eigenvalue weighted by Gasteiger charge is 2.11. The van der Waals surface area contributed by atoms with Gasteiger partial charge in [-0.3, -0.25) is 9.48 Å². The van der Waals surface area contributed by atoms with Gasteiger partial charge in [0, 0.05) is 35.8 Å². The number of carbonyl (C=O) groups is 1. The van der Waals surface area contributed by atoms with Crippen molar-refractivity contribution < 1.29 is 4.79 Å². The van der Waals surface area contributed by atoms with Crippen LogP contribution in [0.25, 0.3) is 10.6 Å². The summed E-state index contributed by atoms with van der Waals surface area (Å²) < 4.78 is 1.78. The molecule has 5 nitrogen and oxygen atoms in total. The van der Waals surface area contributed by atoms with E-state index in [-0.39, 0.29) is 5.91 Å². The topological polar surface area (TPSA) is 59.8 Å². The van der Waals surface area contributed by atoms with Crippen LogP contribution < -0.4 is 5.32 Å². The Morgan fingerprint density at radius 3 is 2.83 bits per heavy atom. The highest BCUT2D eigenvalue weighted by atomic mass is 35.5. The van der Waals surface area contributed by atoms with Gasteiger partial charge in [-0.25, -0.2) is 4.98 Å². The molecule has 2 heterocycles. The van der Waals surface area contributed by atoms with Gasteiger partial charge in [0.1, 0.15) is 10.7 Å². The number of benzene rings is 1. The molecule has 2 aromatic heterocycles. The summed E-state index contributed by atoms with van der Waals surface area (Å²) in [5.74, 6) is -0.141. The highest BCUT2D eigenvalue weighted by molar-refractivity contribution is 7.13. The summed E-state index contributed by atoms with van der Waals surface area (Å²) >= 11 is 7.33. The molecule has 0 atom stereocenters. The predicted molar refractivity (Wildman–Crippen MR) is 96.4 cm³/mol. The van der Waals surface area contributed by atoms with Gasteiger partial charge in [0.2, 0.25) is 0 Å². The van der Waals surface area contributed by atoms with E-state index in [1.54, 1.807) is 10.1 Å². The lowest BCUT2D eigenvalue weighted by molar-refractivity contribution is 0.0949. The van der Waals surface area contributed by atoms with E-state index in [0.717, 1.165) is 23.4 Å². The summed E-state index contributed by atoms with van der Waals surface area (Å²) in [6, 6.07) is 7.43. The maximum absolute atomic E-state index is 12.2. The number of thiazole rings is 1. The molecule has 0 aliphatic carbocycles. The van der Waals surface area contributed by atoms with Gasteiger partial charge in [-0.2, -0.15) is 5.10 Å². The van der Waals surface area contributed by atoms with Crippen molar-refractivity contribution in [2.45, 2.75) is 12.8 Å². The van der Waals surface area contributed by atoms with Crippen LogP contribution in [0.5, 0.6) is 0 Å². The molecule has 0 unspecified atom stereocenters. The molecule has 3 aromatic rings. The number of rotatable bonds is 6. The van der Waals surface area contributed by atoms with Crippen LogP contribution >= 0.6 is 22.9 Å². The van der Waals surface area contributed by atoms with Crippen LogP contribution in [-0.4, -0.2) is 27.2 Å². The largest absolute Gasteiger partial charge is 0.351 e. The van der Waals surface area contributed by atoms with Gasteiger partial charge in [-0.1, -0.05) is 23.7 Å². The first kappa shape index (κ1) is 16.7. The molecule has 3 rings (SSSR count). The SMILES string of the molecule is Cn1cc(CCCNC(=O)c2csc(-c3ccc(Cl)cc3)n2)cn1. The zero-order chi connectivity index (χ0) is 16.9. The summed E-state index contributed by atoms with van der Waals surface area (Å²) in [6.45, 7) is 0.613. The minimum absolute atomic E-state index is 0.141. The minimum Gasteiger partial charge on any atom is -0.351 e. The van der Waals surface area contributed by atoms with Crippen molar-refractivity contribution in [2.24, 2.45) is 7.05 Å². The van der Waals surface area contributed by atoms with E-state index in [0.29, 0.717) is 17.3 Å². The smallest absolute Gasteiger partial charge is 0.270 e. The molecular weight excluding hydrogens is 344 g/mol. The fourth-order valence-electron chi connectivity index (χ4n) is 2.29. The Morgan fingerprint density at radius 1 is 1.33 bits per heavy atom. The number of aromatic nitrogens is 3. The van der Waals surface area contributed by atoms with Gasteiger partial charge < -0.3 is 5.32 Å². The predicted octanol–water partition coefficient (Wildman–Crippen LogP) is 3.56. The van der Waals surface area contributed by atoms with Gasteiger partial charge >= 0.3 is 0 Å². The van der Waals surface area contributed by atoms with Crippen LogP contribution in [0, 0.1) is 0 Å². The van der Waals surface area contributed by atoms with Crippen molar-refractivity contribution in [3.63, 3.8) is 0 Å². The van der Waals surface area contributed by atoms with E-state index in [9.17, 15) is 4.79 Å². The Bertz CT molecular complexity index is 825. The number of carbonyl (C=O) groups excluding carboxylic acids is 1. The van der Waals surface area contributed by atoms with Crippen LogP contribution in [0.3, 0.4) is 0 Å². The molecule has 1 N–H and O–H groups in total. The molecule has 0 fully saturated rings. The number of halogens is 1. The minimum atomic E-state index is -0.141. The normalized spacial score (nSPS) is 10.8. The Kier molecular flexibility index (Phi) is 5.27. The van der Waals surface area contributed by atoms with E-state index >= 15 is 0 Å². The Hall–Kier alpha value is -2.18. The molecule has 1 aromatic carbocycles.